The van der Waals surface area contributed by atoms with E-state index in [0.29, 0.717) is 33.4 Å². The summed E-state index contributed by atoms with van der Waals surface area (Å²) in [6.07, 6.45) is 0. The molecule has 7 heteroatoms. The van der Waals surface area contributed by atoms with E-state index in [-0.39, 0.29) is 11.7 Å². The Bertz CT molecular complexity index is 818. The first-order valence-electron chi connectivity index (χ1n) is 6.71. The van der Waals surface area contributed by atoms with Gasteiger partial charge in [-0.05, 0) is 38.1 Å². The van der Waals surface area contributed by atoms with Gasteiger partial charge >= 0.3 is 0 Å². The van der Waals surface area contributed by atoms with Gasteiger partial charge in [0.2, 0.25) is 5.91 Å². The van der Waals surface area contributed by atoms with E-state index in [1.165, 1.54) is 11.8 Å². The number of thioether (sulfide) groups is 1. The highest BCUT2D eigenvalue weighted by Crippen LogP contribution is 2.22. The molecule has 2 aromatic rings. The van der Waals surface area contributed by atoms with E-state index >= 15 is 0 Å². The molecular formula is C16H13N5OS. The fraction of sp³-hybridized carbons (Fsp3) is 0.188. The molecule has 0 fully saturated rings. The Balaban J connectivity index is 2.02. The van der Waals surface area contributed by atoms with Gasteiger partial charge in [-0.25, -0.2) is 9.97 Å². The summed E-state index contributed by atoms with van der Waals surface area (Å²) in [6, 6.07) is 10.7. The number of nitriles is 2. The molecule has 2 rings (SSSR count). The standard InChI is InChI=1S/C16H13N5OS/c1-10-14(8-18)16(20-11(2)19-10)23-9-15(22)21-13-5-3-12(7-17)4-6-13/h3-6H,9H2,1-2H3,(H,21,22). The van der Waals surface area contributed by atoms with Gasteiger partial charge in [0.25, 0.3) is 0 Å². The van der Waals surface area contributed by atoms with Crippen molar-refractivity contribution in [1.29, 1.82) is 10.5 Å². The molecule has 0 aliphatic rings. The van der Waals surface area contributed by atoms with E-state index in [1.54, 1.807) is 38.1 Å². The van der Waals surface area contributed by atoms with E-state index in [0.717, 1.165) is 0 Å². The van der Waals surface area contributed by atoms with Crippen molar-refractivity contribution in [3.05, 3.63) is 46.9 Å². The lowest BCUT2D eigenvalue weighted by atomic mass is 10.2. The summed E-state index contributed by atoms with van der Waals surface area (Å²) in [5, 5.41) is 21.1. The number of nitrogens with one attached hydrogen (secondary N) is 1. The number of anilines is 1. The lowest BCUT2D eigenvalue weighted by Gasteiger charge is -2.07. The number of aromatic nitrogens is 2. The molecule has 114 valence electrons. The lowest BCUT2D eigenvalue weighted by Crippen LogP contribution is -2.14. The van der Waals surface area contributed by atoms with Crippen LogP contribution in [0.3, 0.4) is 0 Å². The van der Waals surface area contributed by atoms with Crippen LogP contribution in [-0.4, -0.2) is 21.6 Å². The number of hydrogen-bond donors (Lipinski definition) is 1. The summed E-state index contributed by atoms with van der Waals surface area (Å²) in [7, 11) is 0. The summed E-state index contributed by atoms with van der Waals surface area (Å²) in [5.74, 6) is 0.485. The molecule has 0 unspecified atom stereocenters. The Hall–Kier alpha value is -2.90. The van der Waals surface area contributed by atoms with Crippen molar-refractivity contribution in [1.82, 2.24) is 9.97 Å². The van der Waals surface area contributed by atoms with Gasteiger partial charge in [0.15, 0.2) is 0 Å². The monoisotopic (exact) mass is 323 g/mol. The number of carbonyl (C=O) groups is 1. The molecule has 0 atom stereocenters. The van der Waals surface area contributed by atoms with Gasteiger partial charge in [-0.3, -0.25) is 4.79 Å². The van der Waals surface area contributed by atoms with Crippen LogP contribution in [-0.2, 0) is 4.79 Å². The fourth-order valence-corrected chi connectivity index (χ4v) is 2.75. The van der Waals surface area contributed by atoms with Crippen molar-refractivity contribution in [3.63, 3.8) is 0 Å². The maximum Gasteiger partial charge on any atom is 0.234 e. The Morgan fingerprint density at radius 3 is 2.48 bits per heavy atom. The first kappa shape index (κ1) is 16.5. The molecule has 0 spiro atoms. The molecule has 0 saturated carbocycles. The van der Waals surface area contributed by atoms with Crippen LogP contribution in [0, 0.1) is 36.5 Å². The average molecular weight is 323 g/mol. The maximum absolute atomic E-state index is 12.0. The molecule has 6 nitrogen and oxygen atoms in total. The fourth-order valence-electron chi connectivity index (χ4n) is 1.87. The van der Waals surface area contributed by atoms with E-state index < -0.39 is 0 Å². The summed E-state index contributed by atoms with van der Waals surface area (Å²) >= 11 is 1.20. The van der Waals surface area contributed by atoms with Crippen LogP contribution in [0.1, 0.15) is 22.6 Å². The molecule has 1 aromatic heterocycles. The Morgan fingerprint density at radius 1 is 1.17 bits per heavy atom. The third kappa shape index (κ3) is 4.29. The summed E-state index contributed by atoms with van der Waals surface area (Å²) in [6.45, 7) is 3.49. The molecule has 1 N–H and O–H groups in total. The van der Waals surface area contributed by atoms with Gasteiger partial charge in [0, 0.05) is 5.69 Å². The van der Waals surface area contributed by atoms with E-state index in [1.807, 2.05) is 6.07 Å². The number of rotatable bonds is 4. The van der Waals surface area contributed by atoms with Crippen LogP contribution in [0.15, 0.2) is 29.3 Å². The van der Waals surface area contributed by atoms with Crippen molar-refractivity contribution >= 4 is 23.4 Å². The normalized spacial score (nSPS) is 9.74. The predicted octanol–water partition coefficient (Wildman–Crippen LogP) is 2.57. The maximum atomic E-state index is 12.0. The highest BCUT2D eigenvalue weighted by Gasteiger charge is 2.12. The van der Waals surface area contributed by atoms with Crippen molar-refractivity contribution in [2.24, 2.45) is 0 Å². The van der Waals surface area contributed by atoms with E-state index in [4.69, 9.17) is 10.5 Å². The highest BCUT2D eigenvalue weighted by molar-refractivity contribution is 8.00. The van der Waals surface area contributed by atoms with Gasteiger partial charge < -0.3 is 5.32 Å². The topological polar surface area (TPSA) is 102 Å². The van der Waals surface area contributed by atoms with Crippen LogP contribution in [0.5, 0.6) is 0 Å². The second-order valence-electron chi connectivity index (χ2n) is 4.67. The molecule has 0 aliphatic heterocycles. The number of benzene rings is 1. The summed E-state index contributed by atoms with van der Waals surface area (Å²) in [4.78, 5) is 20.3. The first-order chi connectivity index (χ1) is 11.0. The van der Waals surface area contributed by atoms with Crippen molar-refractivity contribution in [3.8, 4) is 12.1 Å². The summed E-state index contributed by atoms with van der Waals surface area (Å²) in [5.41, 5.74) is 2.15. The molecule has 0 saturated heterocycles. The van der Waals surface area contributed by atoms with Crippen LogP contribution in [0.25, 0.3) is 0 Å². The first-order valence-corrected chi connectivity index (χ1v) is 7.70. The van der Waals surface area contributed by atoms with Crippen molar-refractivity contribution < 1.29 is 4.79 Å². The van der Waals surface area contributed by atoms with Gasteiger partial charge in [0.1, 0.15) is 22.5 Å². The molecular weight excluding hydrogens is 310 g/mol. The van der Waals surface area contributed by atoms with Crippen molar-refractivity contribution in [2.75, 3.05) is 11.1 Å². The largest absolute Gasteiger partial charge is 0.325 e. The van der Waals surface area contributed by atoms with Crippen LogP contribution < -0.4 is 5.32 Å². The molecule has 1 amide bonds. The number of hydrogen-bond acceptors (Lipinski definition) is 6. The minimum atomic E-state index is -0.211. The lowest BCUT2D eigenvalue weighted by molar-refractivity contribution is -0.113. The van der Waals surface area contributed by atoms with Crippen LogP contribution in [0.2, 0.25) is 0 Å². The predicted molar refractivity (Wildman–Crippen MR) is 86.7 cm³/mol. The Labute approximate surface area is 138 Å². The smallest absolute Gasteiger partial charge is 0.234 e. The zero-order valence-corrected chi connectivity index (χ0v) is 13.4. The van der Waals surface area contributed by atoms with Gasteiger partial charge in [0.05, 0.1) is 23.1 Å². The minimum Gasteiger partial charge on any atom is -0.325 e. The quantitative estimate of drug-likeness (QED) is 0.685. The van der Waals surface area contributed by atoms with Crippen molar-refractivity contribution in [2.45, 2.75) is 18.9 Å². The van der Waals surface area contributed by atoms with Crippen LogP contribution >= 0.6 is 11.8 Å². The SMILES string of the molecule is Cc1nc(C)c(C#N)c(SCC(=O)Nc2ccc(C#N)cc2)n1. The number of carbonyl (C=O) groups excluding carboxylic acids is 1. The molecule has 0 aliphatic carbocycles. The number of aryl methyl sites for hydroxylation is 2. The Kier molecular flexibility index (Phi) is 5.29. The molecule has 23 heavy (non-hydrogen) atoms. The van der Waals surface area contributed by atoms with Gasteiger partial charge in [-0.1, -0.05) is 11.8 Å². The second kappa shape index (κ2) is 7.39. The second-order valence-corrected chi connectivity index (χ2v) is 5.64. The molecule has 1 heterocycles. The zero-order chi connectivity index (χ0) is 16.8. The Morgan fingerprint density at radius 2 is 1.87 bits per heavy atom. The molecule has 0 bridgehead atoms. The van der Waals surface area contributed by atoms with E-state index in [9.17, 15) is 4.79 Å². The third-order valence-corrected chi connectivity index (χ3v) is 3.89. The van der Waals surface area contributed by atoms with E-state index in [2.05, 4.69) is 21.4 Å². The summed E-state index contributed by atoms with van der Waals surface area (Å²) < 4.78 is 0. The number of amides is 1. The van der Waals surface area contributed by atoms with Crippen LogP contribution in [0.4, 0.5) is 5.69 Å². The third-order valence-electron chi connectivity index (χ3n) is 2.92. The zero-order valence-electron chi connectivity index (χ0n) is 12.6. The molecule has 1 aromatic carbocycles. The average Bonchev–Trinajstić information content (AvgIpc) is 2.53. The van der Waals surface area contributed by atoms with Gasteiger partial charge in [-0.15, -0.1) is 0 Å². The highest BCUT2D eigenvalue weighted by atomic mass is 32.2. The number of nitrogens with zero attached hydrogens (tertiary/aromatic N) is 4. The van der Waals surface area contributed by atoms with Gasteiger partial charge in [-0.2, -0.15) is 10.5 Å². The molecule has 0 radical (unpaired) electrons. The minimum absolute atomic E-state index is 0.130.